The Kier molecular flexibility index (Phi) is 15.2. The fourth-order valence-corrected chi connectivity index (χ4v) is 5.93. The zero-order valence-corrected chi connectivity index (χ0v) is 30.6. The van der Waals surface area contributed by atoms with Gasteiger partial charge in [-0.15, -0.1) is 0 Å². The van der Waals surface area contributed by atoms with Crippen LogP contribution in [-0.4, -0.2) is 125 Å². The first-order valence-corrected chi connectivity index (χ1v) is 19.9. The molecule has 2 aliphatic heterocycles. The van der Waals surface area contributed by atoms with Crippen LogP contribution in [0.15, 0.2) is 24.3 Å². The number of ether oxygens (including phenoxy) is 10. The molecule has 0 bridgehead atoms. The molecule has 2 aliphatic rings. The van der Waals surface area contributed by atoms with Crippen LogP contribution >= 0.6 is 0 Å². The maximum Gasteiger partial charge on any atom is 0.338 e. The first kappa shape index (κ1) is 40.8. The Bertz CT molecular complexity index is 1310. The maximum absolute atomic E-state index is 12.7. The smallest absolute Gasteiger partial charge is 0.338 e. The SMILES string of the molecule is COc1ccc(C(=O)OC[C@H]2O[C@@H](O[C@H]3[C@H](OC(C)=O)[C@@H](OC(C)=O)[C@H](OCC[Si](C)(C)C)O[C@@H]3COC(C)=O)[C@H](OC(C)=O)C[C@H]2O)cc1. The quantitative estimate of drug-likeness (QED) is 0.156. The molecule has 0 amide bonds. The van der Waals surface area contributed by atoms with E-state index in [1.807, 2.05) is 0 Å². The maximum atomic E-state index is 12.7. The van der Waals surface area contributed by atoms with Gasteiger partial charge < -0.3 is 52.5 Å². The van der Waals surface area contributed by atoms with Crippen molar-refractivity contribution in [3.8, 4) is 5.75 Å². The Balaban J connectivity index is 1.93. The van der Waals surface area contributed by atoms with Crippen molar-refractivity contribution >= 4 is 37.9 Å². The molecule has 17 heteroatoms. The van der Waals surface area contributed by atoms with Crippen LogP contribution in [0.25, 0.3) is 0 Å². The Labute approximate surface area is 291 Å². The van der Waals surface area contributed by atoms with Crippen LogP contribution in [-0.2, 0) is 61.8 Å². The van der Waals surface area contributed by atoms with E-state index in [4.69, 9.17) is 47.4 Å². The lowest BCUT2D eigenvalue weighted by atomic mass is 9.97. The number of rotatable bonds is 15. The highest BCUT2D eigenvalue weighted by molar-refractivity contribution is 6.76. The molecule has 2 fully saturated rings. The van der Waals surface area contributed by atoms with E-state index in [1.54, 1.807) is 12.1 Å². The van der Waals surface area contributed by atoms with Gasteiger partial charge >= 0.3 is 29.8 Å². The summed E-state index contributed by atoms with van der Waals surface area (Å²) in [5.41, 5.74) is 0.219. The van der Waals surface area contributed by atoms with E-state index >= 15 is 0 Å². The van der Waals surface area contributed by atoms with Crippen molar-refractivity contribution in [2.75, 3.05) is 26.9 Å². The molecule has 0 unspecified atom stereocenters. The van der Waals surface area contributed by atoms with Gasteiger partial charge in [0.2, 0.25) is 0 Å². The third-order valence-electron chi connectivity index (χ3n) is 7.61. The first-order chi connectivity index (χ1) is 23.5. The second kappa shape index (κ2) is 18.6. The van der Waals surface area contributed by atoms with E-state index in [0.29, 0.717) is 5.75 Å². The molecule has 0 spiro atoms. The third kappa shape index (κ3) is 12.6. The third-order valence-corrected chi connectivity index (χ3v) is 9.31. The highest BCUT2D eigenvalue weighted by Gasteiger charge is 2.54. The molecule has 2 saturated heterocycles. The van der Waals surface area contributed by atoms with Gasteiger partial charge in [-0.25, -0.2) is 4.79 Å². The Morgan fingerprint density at radius 1 is 0.760 bits per heavy atom. The van der Waals surface area contributed by atoms with Crippen LogP contribution in [0.5, 0.6) is 5.75 Å². The van der Waals surface area contributed by atoms with Gasteiger partial charge in [0.15, 0.2) is 30.9 Å². The number of benzene rings is 1. The van der Waals surface area contributed by atoms with Gasteiger partial charge in [-0.3, -0.25) is 19.2 Å². The van der Waals surface area contributed by atoms with Gasteiger partial charge in [0.05, 0.1) is 18.8 Å². The molecule has 0 radical (unpaired) electrons. The van der Waals surface area contributed by atoms with E-state index < -0.39 is 106 Å². The lowest BCUT2D eigenvalue weighted by Crippen LogP contribution is -2.64. The van der Waals surface area contributed by atoms with E-state index in [1.165, 1.54) is 26.2 Å². The topological polar surface area (TPSA) is 198 Å². The molecule has 2 heterocycles. The molecule has 1 aromatic carbocycles. The molecular formula is C33H48O16Si. The van der Waals surface area contributed by atoms with E-state index in [-0.39, 0.29) is 18.6 Å². The van der Waals surface area contributed by atoms with Crippen LogP contribution in [0.3, 0.4) is 0 Å². The standard InChI is InChI=1S/C33H48O16Si/c1-18(34)42-17-27-28(29(45-20(3)36)30(46-21(4)37)33(48-27)41-13-14-50(6,7)8)49-32-25(44-19(2)35)15-24(38)26(47-32)16-43-31(39)22-9-11-23(40-5)12-10-22/h9-12,24-30,32-33,38H,13-17H2,1-8H3/t24-,25-,26-,27-,28-,29+,30-,32+,33-/m1/s1. The molecule has 50 heavy (non-hydrogen) atoms. The number of esters is 5. The van der Waals surface area contributed by atoms with Crippen LogP contribution in [0, 0.1) is 0 Å². The summed E-state index contributed by atoms with van der Waals surface area (Å²) in [5.74, 6) is -3.04. The first-order valence-electron chi connectivity index (χ1n) is 16.2. The zero-order valence-electron chi connectivity index (χ0n) is 29.6. The van der Waals surface area contributed by atoms with Crippen molar-refractivity contribution in [1.82, 2.24) is 0 Å². The monoisotopic (exact) mass is 728 g/mol. The summed E-state index contributed by atoms with van der Waals surface area (Å²) in [6, 6.07) is 6.90. The largest absolute Gasteiger partial charge is 0.497 e. The van der Waals surface area contributed by atoms with Gasteiger partial charge in [0, 0.05) is 48.8 Å². The van der Waals surface area contributed by atoms with Crippen molar-refractivity contribution < 1.29 is 76.4 Å². The number of aliphatic hydroxyl groups is 1. The highest BCUT2D eigenvalue weighted by atomic mass is 28.3. The summed E-state index contributed by atoms with van der Waals surface area (Å²) in [6.45, 7) is 10.5. The molecule has 3 rings (SSSR count). The van der Waals surface area contributed by atoms with Crippen LogP contribution < -0.4 is 4.74 Å². The van der Waals surface area contributed by atoms with Crippen LogP contribution in [0.1, 0.15) is 44.5 Å². The molecule has 280 valence electrons. The number of methoxy groups -OCH3 is 1. The normalized spacial score (nSPS) is 28.1. The van der Waals surface area contributed by atoms with E-state index in [9.17, 15) is 29.1 Å². The minimum absolute atomic E-state index is 0.203. The number of hydrogen-bond acceptors (Lipinski definition) is 16. The summed E-state index contributed by atoms with van der Waals surface area (Å²) >= 11 is 0. The molecule has 0 saturated carbocycles. The molecule has 16 nitrogen and oxygen atoms in total. The van der Waals surface area contributed by atoms with Gasteiger partial charge in [-0.1, -0.05) is 19.6 Å². The van der Waals surface area contributed by atoms with Crippen LogP contribution in [0.2, 0.25) is 25.7 Å². The molecule has 0 aromatic heterocycles. The average Bonchev–Trinajstić information content (AvgIpc) is 3.01. The minimum Gasteiger partial charge on any atom is -0.497 e. The van der Waals surface area contributed by atoms with Crippen molar-refractivity contribution in [1.29, 1.82) is 0 Å². The average molecular weight is 729 g/mol. The van der Waals surface area contributed by atoms with Crippen molar-refractivity contribution in [3.63, 3.8) is 0 Å². The Morgan fingerprint density at radius 2 is 1.34 bits per heavy atom. The van der Waals surface area contributed by atoms with Crippen LogP contribution in [0.4, 0.5) is 0 Å². The summed E-state index contributed by atoms with van der Waals surface area (Å²) in [5, 5.41) is 10.9. The predicted octanol–water partition coefficient (Wildman–Crippen LogP) is 2.15. The molecule has 1 N–H and O–H groups in total. The van der Waals surface area contributed by atoms with E-state index in [0.717, 1.165) is 26.8 Å². The summed E-state index contributed by atoms with van der Waals surface area (Å²) in [4.78, 5) is 61.4. The van der Waals surface area contributed by atoms with Gasteiger partial charge in [-0.2, -0.15) is 0 Å². The Hall–Kier alpha value is -3.61. The van der Waals surface area contributed by atoms with Crippen molar-refractivity contribution in [2.45, 2.75) is 115 Å². The molecular weight excluding hydrogens is 680 g/mol. The molecule has 1 aromatic rings. The Morgan fingerprint density at radius 3 is 1.90 bits per heavy atom. The fraction of sp³-hybridized carbons (Fsp3) is 0.667. The van der Waals surface area contributed by atoms with Gasteiger partial charge in [0.1, 0.15) is 37.3 Å². The number of carbonyl (C=O) groups is 5. The predicted molar refractivity (Wildman–Crippen MR) is 173 cm³/mol. The summed E-state index contributed by atoms with van der Waals surface area (Å²) in [7, 11) is -0.0952. The van der Waals surface area contributed by atoms with Crippen molar-refractivity contribution in [3.05, 3.63) is 29.8 Å². The number of carbonyl (C=O) groups excluding carboxylic acids is 5. The summed E-state index contributed by atoms with van der Waals surface area (Å²) < 4.78 is 57.0. The number of aliphatic hydroxyl groups excluding tert-OH is 1. The molecule has 9 atom stereocenters. The van der Waals surface area contributed by atoms with E-state index in [2.05, 4.69) is 19.6 Å². The highest BCUT2D eigenvalue weighted by Crippen LogP contribution is 2.34. The van der Waals surface area contributed by atoms with Crippen molar-refractivity contribution in [2.24, 2.45) is 0 Å². The second-order valence-corrected chi connectivity index (χ2v) is 18.7. The lowest BCUT2D eigenvalue weighted by molar-refractivity contribution is -0.350. The van der Waals surface area contributed by atoms with Gasteiger partial charge in [-0.05, 0) is 30.3 Å². The lowest BCUT2D eigenvalue weighted by Gasteiger charge is -2.47. The number of hydrogen-bond donors (Lipinski definition) is 1. The molecule has 0 aliphatic carbocycles. The zero-order chi connectivity index (χ0) is 37.2. The summed E-state index contributed by atoms with van der Waals surface area (Å²) in [6.07, 6.45) is -11.9. The minimum atomic E-state index is -1.58. The fourth-order valence-electron chi connectivity index (χ4n) is 5.20. The van der Waals surface area contributed by atoms with Gasteiger partial charge in [0.25, 0.3) is 0 Å². The second-order valence-electron chi connectivity index (χ2n) is 13.1.